The molecule has 0 saturated heterocycles. The van der Waals surface area contributed by atoms with Crippen molar-refractivity contribution in [1.82, 2.24) is 0 Å². The summed E-state index contributed by atoms with van der Waals surface area (Å²) in [6, 6.07) is 0. The van der Waals surface area contributed by atoms with Gasteiger partial charge in [0.1, 0.15) is 0 Å². The van der Waals surface area contributed by atoms with Crippen LogP contribution in [0.4, 0.5) is 0 Å². The van der Waals surface area contributed by atoms with Gasteiger partial charge in [-0.1, -0.05) is 18.2 Å². The fraction of sp³-hybridized carbons (Fsp3) is 0. The Bertz CT molecular complexity index is 339. The van der Waals surface area contributed by atoms with Gasteiger partial charge in [0.2, 0.25) is 0 Å². The summed E-state index contributed by atoms with van der Waals surface area (Å²) in [5, 5.41) is 17.0. The SMILES string of the molecule is N#[N+]N=C1C=CC=CC1=CN=[N-]. The zero-order valence-electron chi connectivity index (χ0n) is 6.12. The quantitative estimate of drug-likeness (QED) is 0.328. The molecule has 0 bridgehead atoms. The van der Waals surface area contributed by atoms with Gasteiger partial charge in [-0.3, -0.25) is 0 Å². The second kappa shape index (κ2) is 3.93. The van der Waals surface area contributed by atoms with E-state index < -0.39 is 0 Å². The van der Waals surface area contributed by atoms with Crippen molar-refractivity contribution in [3.8, 4) is 0 Å². The molecular formula is C7H5N5. The van der Waals surface area contributed by atoms with Crippen LogP contribution in [0.2, 0.25) is 0 Å². The molecule has 12 heavy (non-hydrogen) atoms. The highest BCUT2D eigenvalue weighted by atomic mass is 15.2. The number of hydrogen-bond donors (Lipinski definition) is 0. The van der Waals surface area contributed by atoms with E-state index in [0.717, 1.165) is 0 Å². The molecule has 0 atom stereocenters. The smallest absolute Gasteiger partial charge is 0.339 e. The third-order valence-electron chi connectivity index (χ3n) is 1.29. The minimum absolute atomic E-state index is 0.442. The largest absolute Gasteiger partial charge is 0.707 e. The van der Waals surface area contributed by atoms with Crippen LogP contribution in [0.1, 0.15) is 0 Å². The summed E-state index contributed by atoms with van der Waals surface area (Å²) in [4.78, 5) is 0. The molecule has 0 radical (unpaired) electrons. The van der Waals surface area contributed by atoms with Gasteiger partial charge in [0, 0.05) is 11.8 Å². The second-order valence-electron chi connectivity index (χ2n) is 1.99. The van der Waals surface area contributed by atoms with E-state index >= 15 is 0 Å². The van der Waals surface area contributed by atoms with Gasteiger partial charge in [0.05, 0.1) is 0 Å². The van der Waals surface area contributed by atoms with E-state index in [2.05, 4.69) is 15.3 Å². The highest BCUT2D eigenvalue weighted by molar-refractivity contribution is 6.11. The lowest BCUT2D eigenvalue weighted by atomic mass is 10.1. The van der Waals surface area contributed by atoms with Crippen molar-refractivity contribution in [2.45, 2.75) is 0 Å². The van der Waals surface area contributed by atoms with E-state index in [1.807, 2.05) is 0 Å². The Labute approximate surface area is 68.9 Å². The molecule has 0 aliphatic heterocycles. The van der Waals surface area contributed by atoms with Crippen LogP contribution in [0, 0.1) is 5.39 Å². The Morgan fingerprint density at radius 2 is 2.17 bits per heavy atom. The summed E-state index contributed by atoms with van der Waals surface area (Å²) >= 11 is 0. The lowest BCUT2D eigenvalue weighted by Gasteiger charge is -1.99. The molecule has 0 fully saturated rings. The predicted molar refractivity (Wildman–Crippen MR) is 44.7 cm³/mol. The highest BCUT2D eigenvalue weighted by Crippen LogP contribution is 2.08. The molecule has 1 rings (SSSR count). The van der Waals surface area contributed by atoms with Crippen LogP contribution >= 0.6 is 0 Å². The minimum atomic E-state index is 0.442. The number of nitrogens with zero attached hydrogens (tertiary/aromatic N) is 5. The molecule has 0 spiro atoms. The average molecular weight is 159 g/mol. The van der Waals surface area contributed by atoms with Crippen LogP contribution in [-0.2, 0) is 0 Å². The first kappa shape index (κ1) is 8.01. The zero-order chi connectivity index (χ0) is 8.81. The van der Waals surface area contributed by atoms with Crippen LogP contribution in [0.15, 0.2) is 46.3 Å². The first-order valence-electron chi connectivity index (χ1n) is 3.20. The molecule has 0 amide bonds. The molecule has 0 unspecified atom stereocenters. The lowest BCUT2D eigenvalue weighted by Crippen LogP contribution is -1.98. The van der Waals surface area contributed by atoms with Crippen molar-refractivity contribution >= 4 is 5.71 Å². The highest BCUT2D eigenvalue weighted by Gasteiger charge is 2.07. The number of diazo groups is 1. The summed E-state index contributed by atoms with van der Waals surface area (Å²) in [6.07, 6.45) is 8.02. The number of hydrogen-bond acceptors (Lipinski definition) is 3. The molecule has 5 nitrogen and oxygen atoms in total. The summed E-state index contributed by atoms with van der Waals surface area (Å²) in [7, 11) is 0. The molecule has 0 heterocycles. The van der Waals surface area contributed by atoms with Gasteiger partial charge in [-0.15, -0.1) is 0 Å². The predicted octanol–water partition coefficient (Wildman–Crippen LogP) is 2.23. The van der Waals surface area contributed by atoms with Crippen molar-refractivity contribution in [2.24, 2.45) is 10.2 Å². The maximum absolute atomic E-state index is 8.25. The Hall–Kier alpha value is -2.09. The van der Waals surface area contributed by atoms with Crippen molar-refractivity contribution in [2.75, 3.05) is 0 Å². The first-order chi connectivity index (χ1) is 5.88. The molecule has 1 aliphatic rings. The van der Waals surface area contributed by atoms with Gasteiger partial charge in [0.15, 0.2) is 10.8 Å². The van der Waals surface area contributed by atoms with E-state index in [1.165, 1.54) is 6.20 Å². The normalized spacial score (nSPS) is 21.2. The maximum atomic E-state index is 8.25. The number of allylic oxidation sites excluding steroid dienone is 5. The molecule has 58 valence electrons. The van der Waals surface area contributed by atoms with E-state index in [1.54, 1.807) is 24.3 Å². The van der Waals surface area contributed by atoms with Crippen LogP contribution in [0.3, 0.4) is 0 Å². The second-order valence-corrected chi connectivity index (χ2v) is 1.99. The Kier molecular flexibility index (Phi) is 2.62. The number of rotatable bonds is 1. The van der Waals surface area contributed by atoms with E-state index in [0.29, 0.717) is 11.3 Å². The molecule has 0 N–H and O–H groups in total. The van der Waals surface area contributed by atoms with Crippen LogP contribution in [0.5, 0.6) is 0 Å². The summed E-state index contributed by atoms with van der Waals surface area (Å²) in [5.41, 5.74) is 9.27. The fourth-order valence-corrected chi connectivity index (χ4v) is 0.798. The third-order valence-corrected chi connectivity index (χ3v) is 1.29. The Morgan fingerprint density at radius 3 is 2.83 bits per heavy atom. The van der Waals surface area contributed by atoms with Gasteiger partial charge >= 0.3 is 5.08 Å². The zero-order valence-corrected chi connectivity index (χ0v) is 6.12. The van der Waals surface area contributed by atoms with Gasteiger partial charge in [-0.05, 0) is 6.08 Å². The van der Waals surface area contributed by atoms with Crippen molar-refractivity contribution in [3.05, 3.63) is 46.7 Å². The van der Waals surface area contributed by atoms with Gasteiger partial charge in [-0.2, -0.15) is 0 Å². The molecular weight excluding hydrogens is 154 g/mol. The van der Waals surface area contributed by atoms with Crippen molar-refractivity contribution in [1.29, 1.82) is 5.39 Å². The summed E-state index contributed by atoms with van der Waals surface area (Å²) in [5.74, 6) is 0. The lowest BCUT2D eigenvalue weighted by molar-refractivity contribution is 1.34. The van der Waals surface area contributed by atoms with Crippen molar-refractivity contribution < 1.29 is 0 Å². The van der Waals surface area contributed by atoms with Crippen LogP contribution in [0.25, 0.3) is 10.6 Å². The Morgan fingerprint density at radius 1 is 1.42 bits per heavy atom. The fourth-order valence-electron chi connectivity index (χ4n) is 0.798. The topological polar surface area (TPSA) is 75.2 Å². The minimum Gasteiger partial charge on any atom is -0.707 e. The van der Waals surface area contributed by atoms with E-state index in [9.17, 15) is 0 Å². The first-order valence-corrected chi connectivity index (χ1v) is 3.20. The van der Waals surface area contributed by atoms with Gasteiger partial charge in [-0.25, -0.2) is 0 Å². The molecule has 0 aromatic carbocycles. The molecule has 0 aromatic rings. The summed E-state index contributed by atoms with van der Waals surface area (Å²) < 4.78 is 0. The standard InChI is InChI=1S/C7H5N5/c8-10-5-6-3-1-2-4-7(6)11-12-9/h1-5H. The van der Waals surface area contributed by atoms with E-state index in [-0.39, 0.29) is 0 Å². The summed E-state index contributed by atoms with van der Waals surface area (Å²) in [6.45, 7) is 0. The van der Waals surface area contributed by atoms with Crippen LogP contribution in [-0.4, -0.2) is 5.71 Å². The van der Waals surface area contributed by atoms with Gasteiger partial charge < -0.3 is 10.6 Å². The Balaban J connectivity index is 3.02. The molecule has 0 saturated carbocycles. The van der Waals surface area contributed by atoms with Crippen LogP contribution < -0.4 is 0 Å². The molecule has 0 aromatic heterocycles. The average Bonchev–Trinajstić information content (AvgIpc) is 2.09. The molecule has 5 heteroatoms. The monoisotopic (exact) mass is 159 g/mol. The van der Waals surface area contributed by atoms with E-state index in [4.69, 9.17) is 10.9 Å². The maximum Gasteiger partial charge on any atom is 0.339 e. The molecule has 1 aliphatic carbocycles. The van der Waals surface area contributed by atoms with Gasteiger partial charge in [0.25, 0.3) is 5.39 Å². The van der Waals surface area contributed by atoms with Crippen molar-refractivity contribution in [3.63, 3.8) is 0 Å². The third kappa shape index (κ3) is 1.70.